The normalized spacial score (nSPS) is 10.1. The Morgan fingerprint density at radius 1 is 1.00 bits per heavy atom. The molecule has 0 bridgehead atoms. The first-order valence-corrected chi connectivity index (χ1v) is 6.82. The van der Waals surface area contributed by atoms with E-state index in [9.17, 15) is 0 Å². The van der Waals surface area contributed by atoms with Gasteiger partial charge in [-0.2, -0.15) is 20.2 Å². The maximum atomic E-state index is 8.67. The molecule has 0 saturated heterocycles. The summed E-state index contributed by atoms with van der Waals surface area (Å²) in [5.41, 5.74) is 0. The van der Waals surface area contributed by atoms with Gasteiger partial charge in [-0.05, 0) is 32.4 Å². The van der Waals surface area contributed by atoms with E-state index in [2.05, 4.69) is 21.0 Å². The minimum atomic E-state index is 0.183. The molecule has 1 aromatic heterocycles. The van der Waals surface area contributed by atoms with Gasteiger partial charge in [-0.25, -0.2) is 0 Å². The summed E-state index contributed by atoms with van der Waals surface area (Å²) < 4.78 is 0. The maximum Gasteiger partial charge on any atom is 0.231 e. The van der Waals surface area contributed by atoms with Crippen LogP contribution >= 0.6 is 11.6 Å². The quantitative estimate of drug-likeness (QED) is 0.763. The SMILES string of the molecule is CCN(CC)c1nc(Cl)nc(N(CC)CCC#N)n1. The maximum absolute atomic E-state index is 8.67. The lowest BCUT2D eigenvalue weighted by molar-refractivity contribution is 0.762. The zero-order valence-corrected chi connectivity index (χ0v) is 12.4. The minimum absolute atomic E-state index is 0.183. The standard InChI is InChI=1S/C12H19ClN6/c1-4-18(5-2)11-15-10(13)16-12(17-11)19(6-3)9-7-8-14/h4-7,9H2,1-3H3. The van der Waals surface area contributed by atoms with Crippen LogP contribution in [0.2, 0.25) is 5.28 Å². The molecule has 0 aliphatic carbocycles. The van der Waals surface area contributed by atoms with Crippen LogP contribution in [0.3, 0.4) is 0 Å². The van der Waals surface area contributed by atoms with Gasteiger partial charge in [0.25, 0.3) is 0 Å². The van der Waals surface area contributed by atoms with Crippen molar-refractivity contribution in [3.05, 3.63) is 5.28 Å². The van der Waals surface area contributed by atoms with Crippen molar-refractivity contribution >= 4 is 23.5 Å². The predicted octanol–water partition coefficient (Wildman–Crippen LogP) is 2.11. The summed E-state index contributed by atoms with van der Waals surface area (Å²) in [4.78, 5) is 16.7. The third-order valence-electron chi connectivity index (χ3n) is 2.79. The summed E-state index contributed by atoms with van der Waals surface area (Å²) >= 11 is 5.96. The van der Waals surface area contributed by atoms with Crippen molar-refractivity contribution in [2.75, 3.05) is 36.0 Å². The highest BCUT2D eigenvalue weighted by Gasteiger charge is 2.14. The lowest BCUT2D eigenvalue weighted by Gasteiger charge is -2.23. The van der Waals surface area contributed by atoms with E-state index in [0.717, 1.165) is 19.6 Å². The third kappa shape index (κ3) is 4.21. The van der Waals surface area contributed by atoms with Gasteiger partial charge in [-0.3, -0.25) is 0 Å². The number of hydrogen-bond donors (Lipinski definition) is 0. The van der Waals surface area contributed by atoms with Crippen LogP contribution in [0.15, 0.2) is 0 Å². The van der Waals surface area contributed by atoms with E-state index in [4.69, 9.17) is 16.9 Å². The average Bonchev–Trinajstić information content (AvgIpc) is 2.40. The molecule has 1 heterocycles. The zero-order valence-electron chi connectivity index (χ0n) is 11.6. The third-order valence-corrected chi connectivity index (χ3v) is 2.96. The molecule has 0 atom stereocenters. The first kappa shape index (κ1) is 15.4. The minimum Gasteiger partial charge on any atom is -0.341 e. The van der Waals surface area contributed by atoms with Gasteiger partial charge in [0, 0.05) is 26.2 Å². The molecule has 0 aliphatic heterocycles. The molecule has 0 aromatic carbocycles. The number of rotatable bonds is 7. The van der Waals surface area contributed by atoms with E-state index in [1.807, 2.05) is 30.6 Å². The van der Waals surface area contributed by atoms with Crippen molar-refractivity contribution in [1.29, 1.82) is 5.26 Å². The van der Waals surface area contributed by atoms with Crippen molar-refractivity contribution < 1.29 is 0 Å². The van der Waals surface area contributed by atoms with Crippen molar-refractivity contribution in [2.24, 2.45) is 0 Å². The molecule has 6 nitrogen and oxygen atoms in total. The van der Waals surface area contributed by atoms with E-state index in [-0.39, 0.29) is 5.28 Å². The number of anilines is 2. The average molecular weight is 283 g/mol. The number of nitrogens with zero attached hydrogens (tertiary/aromatic N) is 6. The Morgan fingerprint density at radius 3 is 2.00 bits per heavy atom. The number of hydrogen-bond acceptors (Lipinski definition) is 6. The van der Waals surface area contributed by atoms with Crippen molar-refractivity contribution in [3.8, 4) is 6.07 Å². The Labute approximate surface area is 119 Å². The van der Waals surface area contributed by atoms with Crippen molar-refractivity contribution in [1.82, 2.24) is 15.0 Å². The molecule has 0 saturated carbocycles. The summed E-state index contributed by atoms with van der Waals surface area (Å²) in [6.45, 7) is 8.99. The van der Waals surface area contributed by atoms with Gasteiger partial charge in [0.2, 0.25) is 17.2 Å². The molecule has 19 heavy (non-hydrogen) atoms. The molecule has 0 N–H and O–H groups in total. The van der Waals surface area contributed by atoms with Crippen molar-refractivity contribution in [3.63, 3.8) is 0 Å². The van der Waals surface area contributed by atoms with Gasteiger partial charge in [-0.15, -0.1) is 0 Å². The van der Waals surface area contributed by atoms with Gasteiger partial charge in [-0.1, -0.05) is 0 Å². The van der Waals surface area contributed by atoms with Crippen molar-refractivity contribution in [2.45, 2.75) is 27.2 Å². The summed E-state index contributed by atoms with van der Waals surface area (Å²) in [7, 11) is 0. The molecular weight excluding hydrogens is 264 g/mol. The number of aromatic nitrogens is 3. The molecule has 0 spiro atoms. The van der Waals surface area contributed by atoms with Crippen LogP contribution in [0, 0.1) is 11.3 Å². The largest absolute Gasteiger partial charge is 0.341 e. The van der Waals surface area contributed by atoms with Gasteiger partial charge < -0.3 is 9.80 Å². The highest BCUT2D eigenvalue weighted by Crippen LogP contribution is 2.16. The van der Waals surface area contributed by atoms with Gasteiger partial charge in [0.15, 0.2) is 0 Å². The van der Waals surface area contributed by atoms with E-state index < -0.39 is 0 Å². The Bertz CT molecular complexity index is 440. The molecule has 0 fully saturated rings. The molecule has 0 aliphatic rings. The van der Waals surface area contributed by atoms with Gasteiger partial charge in [0.1, 0.15) is 0 Å². The Morgan fingerprint density at radius 2 is 1.53 bits per heavy atom. The fourth-order valence-corrected chi connectivity index (χ4v) is 1.85. The smallest absolute Gasteiger partial charge is 0.231 e. The highest BCUT2D eigenvalue weighted by molar-refractivity contribution is 6.28. The molecule has 0 radical (unpaired) electrons. The molecule has 1 aromatic rings. The number of nitriles is 1. The lowest BCUT2D eigenvalue weighted by atomic mass is 10.4. The second kappa shape index (κ2) is 7.74. The van der Waals surface area contributed by atoms with E-state index in [1.54, 1.807) is 0 Å². The second-order valence-electron chi connectivity index (χ2n) is 3.86. The molecule has 0 amide bonds. The zero-order chi connectivity index (χ0) is 14.3. The topological polar surface area (TPSA) is 68.9 Å². The van der Waals surface area contributed by atoms with Crippen LogP contribution in [-0.2, 0) is 0 Å². The number of halogens is 1. The molecule has 0 unspecified atom stereocenters. The van der Waals surface area contributed by atoms with E-state index >= 15 is 0 Å². The van der Waals surface area contributed by atoms with E-state index in [0.29, 0.717) is 24.9 Å². The molecule has 104 valence electrons. The monoisotopic (exact) mass is 282 g/mol. The Kier molecular flexibility index (Phi) is 6.30. The lowest BCUT2D eigenvalue weighted by Crippen LogP contribution is -2.29. The van der Waals surface area contributed by atoms with Crippen LogP contribution < -0.4 is 9.80 Å². The Balaban J connectivity index is 3.03. The van der Waals surface area contributed by atoms with Crippen LogP contribution in [0.4, 0.5) is 11.9 Å². The summed E-state index contributed by atoms with van der Waals surface area (Å²) in [5, 5.41) is 8.85. The first-order valence-electron chi connectivity index (χ1n) is 6.44. The summed E-state index contributed by atoms with van der Waals surface area (Å²) in [5.74, 6) is 1.11. The van der Waals surface area contributed by atoms with Crippen LogP contribution in [0.25, 0.3) is 0 Å². The van der Waals surface area contributed by atoms with Crippen LogP contribution in [-0.4, -0.2) is 41.1 Å². The molecule has 7 heteroatoms. The molecular formula is C12H19ClN6. The predicted molar refractivity (Wildman–Crippen MR) is 76.5 cm³/mol. The Hall–Kier alpha value is -1.61. The molecule has 1 rings (SSSR count). The van der Waals surface area contributed by atoms with Crippen LogP contribution in [0.1, 0.15) is 27.2 Å². The second-order valence-corrected chi connectivity index (χ2v) is 4.20. The first-order chi connectivity index (χ1) is 9.15. The highest BCUT2D eigenvalue weighted by atomic mass is 35.5. The fraction of sp³-hybridized carbons (Fsp3) is 0.667. The summed E-state index contributed by atoms with van der Waals surface area (Å²) in [6.07, 6.45) is 0.428. The van der Waals surface area contributed by atoms with Gasteiger partial charge in [0.05, 0.1) is 12.5 Å². The van der Waals surface area contributed by atoms with Crippen LogP contribution in [0.5, 0.6) is 0 Å². The van der Waals surface area contributed by atoms with E-state index in [1.165, 1.54) is 0 Å². The van der Waals surface area contributed by atoms with Gasteiger partial charge >= 0.3 is 0 Å². The fourth-order valence-electron chi connectivity index (χ4n) is 1.70. The summed E-state index contributed by atoms with van der Waals surface area (Å²) in [6, 6.07) is 2.12.